The molecule has 6 nitrogen and oxygen atoms in total. The van der Waals surface area contributed by atoms with Crippen molar-refractivity contribution in [3.63, 3.8) is 0 Å². The smallest absolute Gasteiger partial charge is 0.225 e. The van der Waals surface area contributed by atoms with Crippen molar-refractivity contribution >= 4 is 11.8 Å². The highest BCUT2D eigenvalue weighted by atomic mass is 15.3. The zero-order valence-corrected chi connectivity index (χ0v) is 15.3. The van der Waals surface area contributed by atoms with Gasteiger partial charge in [-0.25, -0.2) is 9.97 Å². The highest BCUT2D eigenvalue weighted by Gasteiger charge is 2.39. The summed E-state index contributed by atoms with van der Waals surface area (Å²) in [5.74, 6) is 2.56. The minimum Gasteiger partial charge on any atom is -0.350 e. The molecular formula is C19H26N6. The molecule has 0 aromatic carbocycles. The molecule has 0 spiro atoms. The molecule has 0 saturated carbocycles. The Labute approximate surface area is 149 Å². The molecule has 2 aromatic heterocycles. The lowest BCUT2D eigenvalue weighted by Gasteiger charge is -2.38. The SMILES string of the molecule is CC(C)(C)c1ccc(N2CCC3CCN(c4ncccn4)CC32)nn1. The summed E-state index contributed by atoms with van der Waals surface area (Å²) in [5.41, 5.74) is 1.07. The Kier molecular flexibility index (Phi) is 4.06. The lowest BCUT2D eigenvalue weighted by Crippen LogP contribution is -2.49. The molecule has 0 N–H and O–H groups in total. The quantitative estimate of drug-likeness (QED) is 0.839. The largest absolute Gasteiger partial charge is 0.350 e. The van der Waals surface area contributed by atoms with Gasteiger partial charge in [0.2, 0.25) is 5.95 Å². The van der Waals surface area contributed by atoms with E-state index in [9.17, 15) is 0 Å². The van der Waals surface area contributed by atoms with Gasteiger partial charge in [-0.15, -0.1) is 5.10 Å². The molecule has 6 heteroatoms. The maximum absolute atomic E-state index is 4.54. The van der Waals surface area contributed by atoms with Crippen LogP contribution in [-0.2, 0) is 5.41 Å². The Morgan fingerprint density at radius 3 is 2.44 bits per heavy atom. The molecule has 0 radical (unpaired) electrons. The van der Waals surface area contributed by atoms with Gasteiger partial charge in [-0.1, -0.05) is 20.8 Å². The van der Waals surface area contributed by atoms with Gasteiger partial charge in [-0.3, -0.25) is 0 Å². The zero-order chi connectivity index (χ0) is 17.4. The van der Waals surface area contributed by atoms with Crippen LogP contribution >= 0.6 is 0 Å². The van der Waals surface area contributed by atoms with Crippen LogP contribution in [0.2, 0.25) is 0 Å². The minimum atomic E-state index is 0.0331. The number of piperidine rings is 1. The van der Waals surface area contributed by atoms with E-state index in [0.717, 1.165) is 43.0 Å². The van der Waals surface area contributed by atoms with E-state index < -0.39 is 0 Å². The predicted octanol–water partition coefficient (Wildman–Crippen LogP) is 2.67. The first-order valence-electron chi connectivity index (χ1n) is 9.15. The maximum Gasteiger partial charge on any atom is 0.225 e. The van der Waals surface area contributed by atoms with Gasteiger partial charge in [0.15, 0.2) is 5.82 Å². The first-order valence-corrected chi connectivity index (χ1v) is 9.15. The van der Waals surface area contributed by atoms with Crippen molar-refractivity contribution in [2.45, 2.75) is 45.1 Å². The second kappa shape index (κ2) is 6.24. The summed E-state index contributed by atoms with van der Waals surface area (Å²) in [6, 6.07) is 6.59. The van der Waals surface area contributed by atoms with Crippen LogP contribution in [0, 0.1) is 5.92 Å². The van der Waals surface area contributed by atoms with Crippen molar-refractivity contribution in [3.05, 3.63) is 36.3 Å². The number of anilines is 2. The van der Waals surface area contributed by atoms with Gasteiger partial charge >= 0.3 is 0 Å². The molecule has 2 aliphatic heterocycles. The third-order valence-electron chi connectivity index (χ3n) is 5.41. The van der Waals surface area contributed by atoms with Gasteiger partial charge in [0.25, 0.3) is 0 Å². The monoisotopic (exact) mass is 338 g/mol. The van der Waals surface area contributed by atoms with Gasteiger partial charge in [-0.05, 0) is 37.0 Å². The van der Waals surface area contributed by atoms with E-state index in [-0.39, 0.29) is 5.41 Å². The highest BCUT2D eigenvalue weighted by Crippen LogP contribution is 2.35. The fourth-order valence-electron chi connectivity index (χ4n) is 3.94. The zero-order valence-electron chi connectivity index (χ0n) is 15.3. The van der Waals surface area contributed by atoms with E-state index in [1.54, 1.807) is 0 Å². The molecule has 4 rings (SSSR count). The fraction of sp³-hybridized carbons (Fsp3) is 0.579. The number of fused-ring (bicyclic) bond motifs is 1. The van der Waals surface area contributed by atoms with Gasteiger partial charge in [-0.2, -0.15) is 5.10 Å². The molecule has 2 fully saturated rings. The Hall–Kier alpha value is -2.24. The van der Waals surface area contributed by atoms with E-state index in [2.05, 4.69) is 62.9 Å². The number of rotatable bonds is 2. The van der Waals surface area contributed by atoms with Crippen LogP contribution in [0.5, 0.6) is 0 Å². The molecule has 4 heterocycles. The molecule has 0 amide bonds. The van der Waals surface area contributed by atoms with Crippen molar-refractivity contribution in [1.29, 1.82) is 0 Å². The van der Waals surface area contributed by atoms with Crippen LogP contribution in [0.15, 0.2) is 30.6 Å². The normalized spacial score (nSPS) is 23.6. The van der Waals surface area contributed by atoms with Gasteiger partial charge in [0.05, 0.1) is 11.7 Å². The van der Waals surface area contributed by atoms with Crippen LogP contribution < -0.4 is 9.80 Å². The average molecular weight is 338 g/mol. The molecule has 2 aliphatic rings. The summed E-state index contributed by atoms with van der Waals surface area (Å²) >= 11 is 0. The van der Waals surface area contributed by atoms with Crippen molar-refractivity contribution < 1.29 is 0 Å². The number of hydrogen-bond acceptors (Lipinski definition) is 6. The topological polar surface area (TPSA) is 58.0 Å². The minimum absolute atomic E-state index is 0.0331. The van der Waals surface area contributed by atoms with Gasteiger partial charge in [0, 0.05) is 37.4 Å². The Morgan fingerprint density at radius 2 is 1.76 bits per heavy atom. The molecule has 0 bridgehead atoms. The molecule has 132 valence electrons. The second-order valence-corrected chi connectivity index (χ2v) is 8.12. The molecular weight excluding hydrogens is 312 g/mol. The molecule has 2 atom stereocenters. The first kappa shape index (κ1) is 16.2. The molecule has 2 saturated heterocycles. The predicted molar refractivity (Wildman–Crippen MR) is 98.8 cm³/mol. The van der Waals surface area contributed by atoms with E-state index in [1.807, 2.05) is 18.5 Å². The molecule has 2 unspecified atom stereocenters. The summed E-state index contributed by atoms with van der Waals surface area (Å²) in [7, 11) is 0. The summed E-state index contributed by atoms with van der Waals surface area (Å²) in [6.45, 7) is 9.55. The third-order valence-corrected chi connectivity index (χ3v) is 5.41. The van der Waals surface area contributed by atoms with Crippen molar-refractivity contribution in [3.8, 4) is 0 Å². The third kappa shape index (κ3) is 3.17. The first-order chi connectivity index (χ1) is 12.0. The van der Waals surface area contributed by atoms with Crippen LogP contribution in [-0.4, -0.2) is 45.8 Å². The van der Waals surface area contributed by atoms with E-state index in [0.29, 0.717) is 6.04 Å². The number of aromatic nitrogens is 4. The fourth-order valence-corrected chi connectivity index (χ4v) is 3.94. The summed E-state index contributed by atoms with van der Waals surface area (Å²) in [5, 5.41) is 9.02. The van der Waals surface area contributed by atoms with Crippen LogP contribution in [0.3, 0.4) is 0 Å². The number of hydrogen-bond donors (Lipinski definition) is 0. The second-order valence-electron chi connectivity index (χ2n) is 8.12. The van der Waals surface area contributed by atoms with E-state index >= 15 is 0 Å². The van der Waals surface area contributed by atoms with Gasteiger partial charge < -0.3 is 9.80 Å². The molecule has 0 aliphatic carbocycles. The maximum atomic E-state index is 4.54. The summed E-state index contributed by atoms with van der Waals surface area (Å²) < 4.78 is 0. The van der Waals surface area contributed by atoms with Gasteiger partial charge in [0.1, 0.15) is 0 Å². The summed E-state index contributed by atoms with van der Waals surface area (Å²) in [4.78, 5) is 13.6. The summed E-state index contributed by atoms with van der Waals surface area (Å²) in [6.07, 6.45) is 6.05. The van der Waals surface area contributed by atoms with Crippen molar-refractivity contribution in [1.82, 2.24) is 20.2 Å². The average Bonchev–Trinajstić information content (AvgIpc) is 3.05. The standard InChI is InChI=1S/C19H26N6/c1-19(2,3)16-5-6-17(23-22-16)25-12-8-14-7-11-24(13-15(14)25)18-20-9-4-10-21-18/h4-6,9-10,14-15H,7-8,11-13H2,1-3H3. The van der Waals surface area contributed by atoms with E-state index in [4.69, 9.17) is 0 Å². The number of nitrogens with zero attached hydrogens (tertiary/aromatic N) is 6. The lowest BCUT2D eigenvalue weighted by molar-refractivity contribution is 0.386. The van der Waals surface area contributed by atoms with Crippen LogP contribution in [0.1, 0.15) is 39.3 Å². The molecule has 2 aromatic rings. The van der Waals surface area contributed by atoms with Crippen molar-refractivity contribution in [2.24, 2.45) is 5.92 Å². The Balaban J connectivity index is 1.53. The molecule has 25 heavy (non-hydrogen) atoms. The highest BCUT2D eigenvalue weighted by molar-refractivity contribution is 5.44. The lowest BCUT2D eigenvalue weighted by atomic mass is 9.92. The van der Waals surface area contributed by atoms with Crippen LogP contribution in [0.25, 0.3) is 0 Å². The van der Waals surface area contributed by atoms with Crippen LogP contribution in [0.4, 0.5) is 11.8 Å². The van der Waals surface area contributed by atoms with E-state index in [1.165, 1.54) is 12.8 Å². The van der Waals surface area contributed by atoms with Crippen molar-refractivity contribution in [2.75, 3.05) is 29.4 Å². The Bertz CT molecular complexity index is 709. The Morgan fingerprint density at radius 1 is 1.00 bits per heavy atom.